The number of carbonyl (C=O) groups is 2. The standard InChI is InChI=1S/C28H31ClN2O3/c1-19(2)15-16-30-18-21-9-13-23(14-10-21)22-11-7-20(8-12-22)17-26(28(33)34)31-27(32)24-5-3-4-6-25(24)29/h3-14,19,26,30H,15-18H2,1-2H3,(H,31,32)(H,33,34). The molecule has 0 fully saturated rings. The van der Waals surface area contributed by atoms with Crippen molar-refractivity contribution >= 4 is 23.5 Å². The van der Waals surface area contributed by atoms with E-state index in [-0.39, 0.29) is 17.0 Å². The fraction of sp³-hybridized carbons (Fsp3) is 0.286. The number of benzene rings is 3. The Morgan fingerprint density at radius 3 is 2.03 bits per heavy atom. The lowest BCUT2D eigenvalue weighted by atomic mass is 9.99. The molecule has 3 N–H and O–H groups in total. The molecule has 0 aliphatic heterocycles. The highest BCUT2D eigenvalue weighted by atomic mass is 35.5. The van der Waals surface area contributed by atoms with Crippen molar-refractivity contribution in [3.8, 4) is 11.1 Å². The van der Waals surface area contributed by atoms with Crippen LogP contribution in [0.5, 0.6) is 0 Å². The molecule has 1 atom stereocenters. The van der Waals surface area contributed by atoms with Crippen molar-refractivity contribution in [1.82, 2.24) is 10.6 Å². The minimum atomic E-state index is -1.10. The monoisotopic (exact) mass is 478 g/mol. The van der Waals surface area contributed by atoms with E-state index in [1.54, 1.807) is 24.3 Å². The number of carbonyl (C=O) groups excluding carboxylic acids is 1. The largest absolute Gasteiger partial charge is 0.480 e. The normalized spacial score (nSPS) is 11.9. The molecule has 178 valence electrons. The summed E-state index contributed by atoms with van der Waals surface area (Å²) in [6, 6.07) is 21.7. The molecule has 5 nitrogen and oxygen atoms in total. The molecule has 0 heterocycles. The van der Waals surface area contributed by atoms with E-state index in [0.717, 1.165) is 36.2 Å². The summed E-state index contributed by atoms with van der Waals surface area (Å²) in [5.41, 5.74) is 4.46. The van der Waals surface area contributed by atoms with Gasteiger partial charge in [-0.15, -0.1) is 0 Å². The van der Waals surface area contributed by atoms with Gasteiger partial charge in [0, 0.05) is 13.0 Å². The second-order valence-corrected chi connectivity index (χ2v) is 9.21. The summed E-state index contributed by atoms with van der Waals surface area (Å²) in [7, 11) is 0. The first-order chi connectivity index (χ1) is 16.3. The van der Waals surface area contributed by atoms with Crippen LogP contribution in [-0.2, 0) is 17.8 Å². The van der Waals surface area contributed by atoms with Crippen LogP contribution in [0.4, 0.5) is 0 Å². The Bertz CT molecular complexity index is 1100. The fourth-order valence-corrected chi connectivity index (χ4v) is 3.81. The molecule has 6 heteroatoms. The Morgan fingerprint density at radius 1 is 0.882 bits per heavy atom. The third-order valence-corrected chi connectivity index (χ3v) is 5.96. The van der Waals surface area contributed by atoms with Crippen LogP contribution in [0.1, 0.15) is 41.8 Å². The smallest absolute Gasteiger partial charge is 0.326 e. The van der Waals surface area contributed by atoms with Gasteiger partial charge in [-0.3, -0.25) is 4.79 Å². The van der Waals surface area contributed by atoms with E-state index in [1.165, 1.54) is 5.56 Å². The predicted molar refractivity (Wildman–Crippen MR) is 137 cm³/mol. The highest BCUT2D eigenvalue weighted by Gasteiger charge is 2.22. The van der Waals surface area contributed by atoms with Crippen LogP contribution in [0.2, 0.25) is 5.02 Å². The molecular formula is C28H31ClN2O3. The molecule has 1 amide bonds. The molecule has 34 heavy (non-hydrogen) atoms. The first-order valence-electron chi connectivity index (χ1n) is 11.5. The topological polar surface area (TPSA) is 78.4 Å². The van der Waals surface area contributed by atoms with Gasteiger partial charge in [-0.25, -0.2) is 4.79 Å². The fourth-order valence-electron chi connectivity index (χ4n) is 3.59. The van der Waals surface area contributed by atoms with Gasteiger partial charge in [0.05, 0.1) is 10.6 Å². The zero-order chi connectivity index (χ0) is 24.5. The minimum absolute atomic E-state index is 0.173. The molecule has 0 spiro atoms. The van der Waals surface area contributed by atoms with E-state index in [0.29, 0.717) is 5.92 Å². The summed E-state index contributed by atoms with van der Waals surface area (Å²) in [5.74, 6) is -0.905. The first-order valence-corrected chi connectivity index (χ1v) is 11.9. The lowest BCUT2D eigenvalue weighted by Crippen LogP contribution is -2.42. The van der Waals surface area contributed by atoms with Crippen LogP contribution in [0.15, 0.2) is 72.8 Å². The molecule has 0 radical (unpaired) electrons. The Labute approximate surface area is 206 Å². The zero-order valence-corrected chi connectivity index (χ0v) is 20.3. The summed E-state index contributed by atoms with van der Waals surface area (Å²) in [5, 5.41) is 15.9. The van der Waals surface area contributed by atoms with Crippen LogP contribution < -0.4 is 10.6 Å². The maximum Gasteiger partial charge on any atom is 0.326 e. The van der Waals surface area contributed by atoms with Crippen LogP contribution in [0.25, 0.3) is 11.1 Å². The van der Waals surface area contributed by atoms with Crippen molar-refractivity contribution in [3.63, 3.8) is 0 Å². The second kappa shape index (κ2) is 12.4. The summed E-state index contributed by atoms with van der Waals surface area (Å²) in [4.78, 5) is 24.2. The number of amides is 1. The van der Waals surface area contributed by atoms with Crippen LogP contribution >= 0.6 is 11.6 Å². The quantitative estimate of drug-likeness (QED) is 0.315. The number of hydrogen-bond acceptors (Lipinski definition) is 3. The molecule has 3 rings (SSSR count). The SMILES string of the molecule is CC(C)CCNCc1ccc(-c2ccc(CC(NC(=O)c3ccccc3Cl)C(=O)O)cc2)cc1. The Kier molecular flexibility index (Phi) is 9.25. The van der Waals surface area contributed by atoms with Crippen molar-refractivity contribution in [3.05, 3.63) is 94.5 Å². The third kappa shape index (κ3) is 7.44. The van der Waals surface area contributed by atoms with E-state index in [9.17, 15) is 14.7 Å². The zero-order valence-electron chi connectivity index (χ0n) is 19.6. The molecular weight excluding hydrogens is 448 g/mol. The molecule has 0 bridgehead atoms. The highest BCUT2D eigenvalue weighted by molar-refractivity contribution is 6.33. The predicted octanol–water partition coefficient (Wildman–Crippen LogP) is 5.57. The summed E-state index contributed by atoms with van der Waals surface area (Å²) >= 11 is 6.06. The highest BCUT2D eigenvalue weighted by Crippen LogP contribution is 2.21. The van der Waals surface area contributed by atoms with Gasteiger partial charge in [-0.1, -0.05) is 86.1 Å². The van der Waals surface area contributed by atoms with Crippen LogP contribution in [-0.4, -0.2) is 29.6 Å². The van der Waals surface area contributed by atoms with Crippen molar-refractivity contribution < 1.29 is 14.7 Å². The van der Waals surface area contributed by atoms with E-state index in [2.05, 4.69) is 48.7 Å². The number of carboxylic acids is 1. The summed E-state index contributed by atoms with van der Waals surface area (Å²) in [6.07, 6.45) is 1.34. The molecule has 3 aromatic rings. The molecule has 0 saturated carbocycles. The molecule has 0 saturated heterocycles. The van der Waals surface area contributed by atoms with E-state index >= 15 is 0 Å². The second-order valence-electron chi connectivity index (χ2n) is 8.80. The molecule has 0 aromatic heterocycles. The van der Waals surface area contributed by atoms with Gasteiger partial charge in [0.25, 0.3) is 5.91 Å². The lowest BCUT2D eigenvalue weighted by molar-refractivity contribution is -0.139. The molecule has 0 aliphatic rings. The molecule has 3 aromatic carbocycles. The van der Waals surface area contributed by atoms with Gasteiger partial charge in [0.15, 0.2) is 0 Å². The minimum Gasteiger partial charge on any atom is -0.480 e. The summed E-state index contributed by atoms with van der Waals surface area (Å²) in [6.45, 7) is 6.31. The van der Waals surface area contributed by atoms with Gasteiger partial charge < -0.3 is 15.7 Å². The third-order valence-electron chi connectivity index (χ3n) is 5.63. The van der Waals surface area contributed by atoms with Gasteiger partial charge in [0.2, 0.25) is 0 Å². The van der Waals surface area contributed by atoms with Crippen molar-refractivity contribution in [2.75, 3.05) is 6.54 Å². The number of aliphatic carboxylic acids is 1. The lowest BCUT2D eigenvalue weighted by Gasteiger charge is -2.15. The number of hydrogen-bond donors (Lipinski definition) is 3. The molecule has 0 aliphatic carbocycles. The van der Waals surface area contributed by atoms with Crippen LogP contribution in [0.3, 0.4) is 0 Å². The average Bonchev–Trinajstić information content (AvgIpc) is 2.82. The molecule has 1 unspecified atom stereocenters. The van der Waals surface area contributed by atoms with Gasteiger partial charge in [-0.05, 0) is 53.3 Å². The van der Waals surface area contributed by atoms with E-state index < -0.39 is 17.9 Å². The Balaban J connectivity index is 1.60. The summed E-state index contributed by atoms with van der Waals surface area (Å²) < 4.78 is 0. The number of carboxylic acid groups (broad SMARTS) is 1. The maximum absolute atomic E-state index is 12.5. The number of halogens is 1. The number of rotatable bonds is 11. The average molecular weight is 479 g/mol. The van der Waals surface area contributed by atoms with Crippen molar-refractivity contribution in [2.24, 2.45) is 5.92 Å². The van der Waals surface area contributed by atoms with Crippen molar-refractivity contribution in [1.29, 1.82) is 0 Å². The van der Waals surface area contributed by atoms with Gasteiger partial charge in [0.1, 0.15) is 6.04 Å². The Morgan fingerprint density at radius 2 is 1.47 bits per heavy atom. The van der Waals surface area contributed by atoms with Gasteiger partial charge >= 0.3 is 5.97 Å². The van der Waals surface area contributed by atoms with Gasteiger partial charge in [-0.2, -0.15) is 0 Å². The number of nitrogens with one attached hydrogen (secondary N) is 2. The van der Waals surface area contributed by atoms with E-state index in [4.69, 9.17) is 11.6 Å². The van der Waals surface area contributed by atoms with Crippen LogP contribution in [0, 0.1) is 5.92 Å². The first kappa shape index (κ1) is 25.5. The maximum atomic E-state index is 12.5. The Hall–Kier alpha value is -3.15. The van der Waals surface area contributed by atoms with E-state index in [1.807, 2.05) is 24.3 Å². The van der Waals surface area contributed by atoms with Crippen molar-refractivity contribution in [2.45, 2.75) is 39.3 Å².